The minimum absolute atomic E-state index is 0.0375. The van der Waals surface area contributed by atoms with Crippen molar-refractivity contribution in [2.24, 2.45) is 5.92 Å². The average Bonchev–Trinajstić information content (AvgIpc) is 2.99. The van der Waals surface area contributed by atoms with Gasteiger partial charge < -0.3 is 19.3 Å². The first-order chi connectivity index (χ1) is 11.5. The fourth-order valence-electron chi connectivity index (χ4n) is 2.93. The van der Waals surface area contributed by atoms with Gasteiger partial charge in [0.1, 0.15) is 0 Å². The van der Waals surface area contributed by atoms with Crippen molar-refractivity contribution in [3.63, 3.8) is 0 Å². The maximum Gasteiger partial charge on any atom is 0.227 e. The van der Waals surface area contributed by atoms with E-state index in [1.807, 2.05) is 13.1 Å². The van der Waals surface area contributed by atoms with Crippen molar-refractivity contribution in [1.82, 2.24) is 4.90 Å². The third-order valence-electron chi connectivity index (χ3n) is 4.38. The lowest BCUT2D eigenvalue weighted by atomic mass is 10.1. The first kappa shape index (κ1) is 18.1. The van der Waals surface area contributed by atoms with Gasteiger partial charge in [0.05, 0.1) is 20.1 Å². The summed E-state index contributed by atoms with van der Waals surface area (Å²) >= 11 is 0. The van der Waals surface area contributed by atoms with E-state index in [-0.39, 0.29) is 24.2 Å². The molecule has 0 N–H and O–H groups in total. The van der Waals surface area contributed by atoms with Crippen LogP contribution in [-0.4, -0.2) is 51.1 Å². The molecule has 0 aromatic heterocycles. The zero-order valence-electron chi connectivity index (χ0n) is 14.9. The minimum atomic E-state index is -0.285. The van der Waals surface area contributed by atoms with Crippen LogP contribution in [0.2, 0.25) is 0 Å². The normalized spacial score (nSPS) is 17.1. The topological polar surface area (TPSA) is 59.1 Å². The van der Waals surface area contributed by atoms with Crippen molar-refractivity contribution in [1.29, 1.82) is 0 Å². The summed E-state index contributed by atoms with van der Waals surface area (Å²) in [5.41, 5.74) is 0.726. The maximum absolute atomic E-state index is 12.5. The molecule has 1 heterocycles. The van der Waals surface area contributed by atoms with E-state index < -0.39 is 0 Å². The van der Waals surface area contributed by atoms with Crippen molar-refractivity contribution in [2.75, 3.05) is 39.3 Å². The Balaban J connectivity index is 2.11. The highest BCUT2D eigenvalue weighted by molar-refractivity contribution is 6.00. The Morgan fingerprint density at radius 1 is 1.29 bits per heavy atom. The predicted octanol–water partition coefficient (Wildman–Crippen LogP) is 2.32. The van der Waals surface area contributed by atoms with Gasteiger partial charge in [0, 0.05) is 38.3 Å². The van der Waals surface area contributed by atoms with Crippen LogP contribution in [0.3, 0.4) is 0 Å². The summed E-state index contributed by atoms with van der Waals surface area (Å²) in [6.07, 6.45) is 2.27. The average molecular weight is 334 g/mol. The Morgan fingerprint density at radius 2 is 2.00 bits per heavy atom. The number of amides is 2. The molecule has 0 saturated carbocycles. The van der Waals surface area contributed by atoms with Crippen LogP contribution in [0, 0.1) is 5.92 Å². The SMILES string of the molecule is CCCCN(C)C(=O)C1CC(=O)N(c2ccc(OC)c(OC)c2)C1. The third kappa shape index (κ3) is 3.80. The number of carbonyl (C=O) groups excluding carboxylic acids is 2. The smallest absolute Gasteiger partial charge is 0.227 e. The highest BCUT2D eigenvalue weighted by Crippen LogP contribution is 2.34. The molecule has 0 aliphatic carbocycles. The molecule has 2 rings (SSSR count). The van der Waals surface area contributed by atoms with Gasteiger partial charge in [-0.1, -0.05) is 13.3 Å². The van der Waals surface area contributed by atoms with Crippen molar-refractivity contribution in [3.05, 3.63) is 18.2 Å². The van der Waals surface area contributed by atoms with E-state index in [2.05, 4.69) is 6.92 Å². The molecular formula is C18H26N2O4. The van der Waals surface area contributed by atoms with Crippen LogP contribution in [-0.2, 0) is 9.59 Å². The molecule has 0 bridgehead atoms. The third-order valence-corrected chi connectivity index (χ3v) is 4.38. The largest absolute Gasteiger partial charge is 0.493 e. The number of ether oxygens (including phenoxy) is 2. The molecular weight excluding hydrogens is 308 g/mol. The van der Waals surface area contributed by atoms with Gasteiger partial charge in [-0.2, -0.15) is 0 Å². The Hall–Kier alpha value is -2.24. The zero-order valence-corrected chi connectivity index (χ0v) is 14.9. The molecule has 6 heteroatoms. The summed E-state index contributed by atoms with van der Waals surface area (Å²) < 4.78 is 10.5. The number of hydrogen-bond acceptors (Lipinski definition) is 4. The minimum Gasteiger partial charge on any atom is -0.493 e. The highest BCUT2D eigenvalue weighted by atomic mass is 16.5. The molecule has 1 aromatic rings. The lowest BCUT2D eigenvalue weighted by Gasteiger charge is -2.21. The molecule has 132 valence electrons. The first-order valence-corrected chi connectivity index (χ1v) is 8.29. The van der Waals surface area contributed by atoms with E-state index in [1.54, 1.807) is 36.2 Å². The number of benzene rings is 1. The van der Waals surface area contributed by atoms with Crippen molar-refractivity contribution in [2.45, 2.75) is 26.2 Å². The van der Waals surface area contributed by atoms with Crippen LogP contribution in [0.1, 0.15) is 26.2 Å². The van der Waals surface area contributed by atoms with E-state index in [1.165, 1.54) is 0 Å². The lowest BCUT2D eigenvalue weighted by molar-refractivity contribution is -0.134. The summed E-state index contributed by atoms with van der Waals surface area (Å²) in [4.78, 5) is 28.2. The first-order valence-electron chi connectivity index (χ1n) is 8.29. The summed E-state index contributed by atoms with van der Waals surface area (Å²) in [5, 5.41) is 0. The van der Waals surface area contributed by atoms with Gasteiger partial charge in [0.15, 0.2) is 11.5 Å². The molecule has 1 fully saturated rings. The number of rotatable bonds is 7. The summed E-state index contributed by atoms with van der Waals surface area (Å²) in [5.74, 6) is 0.897. The van der Waals surface area contributed by atoms with Gasteiger partial charge in [-0.15, -0.1) is 0 Å². The van der Waals surface area contributed by atoms with Crippen LogP contribution in [0.5, 0.6) is 11.5 Å². The lowest BCUT2D eigenvalue weighted by Crippen LogP contribution is -2.35. The van der Waals surface area contributed by atoms with Crippen LogP contribution in [0.25, 0.3) is 0 Å². The molecule has 2 amide bonds. The predicted molar refractivity (Wildman–Crippen MR) is 92.6 cm³/mol. The Morgan fingerprint density at radius 3 is 2.62 bits per heavy atom. The van der Waals surface area contributed by atoms with Crippen molar-refractivity contribution >= 4 is 17.5 Å². The Labute approximate surface area is 143 Å². The fourth-order valence-corrected chi connectivity index (χ4v) is 2.93. The zero-order chi connectivity index (χ0) is 17.7. The van der Waals surface area contributed by atoms with E-state index in [0.717, 1.165) is 25.1 Å². The maximum atomic E-state index is 12.5. The number of hydrogen-bond donors (Lipinski definition) is 0. The number of methoxy groups -OCH3 is 2. The summed E-state index contributed by atoms with van der Waals surface area (Å²) in [6, 6.07) is 5.35. The second-order valence-corrected chi connectivity index (χ2v) is 6.06. The summed E-state index contributed by atoms with van der Waals surface area (Å²) in [6.45, 7) is 3.23. The second kappa shape index (κ2) is 8.04. The highest BCUT2D eigenvalue weighted by Gasteiger charge is 2.36. The molecule has 1 aliphatic heterocycles. The quantitative estimate of drug-likeness (QED) is 0.768. The number of nitrogens with zero attached hydrogens (tertiary/aromatic N) is 2. The molecule has 1 aromatic carbocycles. The standard InChI is InChI=1S/C18H26N2O4/c1-5-6-9-19(2)18(22)13-10-17(21)20(12-13)14-7-8-15(23-3)16(11-14)24-4/h7-8,11,13H,5-6,9-10,12H2,1-4H3. The number of anilines is 1. The van der Waals surface area contributed by atoms with Gasteiger partial charge >= 0.3 is 0 Å². The Kier molecular flexibility index (Phi) is 6.06. The molecule has 1 saturated heterocycles. The van der Waals surface area contributed by atoms with Gasteiger partial charge in [-0.25, -0.2) is 0 Å². The van der Waals surface area contributed by atoms with Gasteiger partial charge in [-0.05, 0) is 18.6 Å². The molecule has 6 nitrogen and oxygen atoms in total. The van der Waals surface area contributed by atoms with Crippen LogP contribution >= 0.6 is 0 Å². The Bertz CT molecular complexity index is 603. The van der Waals surface area contributed by atoms with E-state index in [0.29, 0.717) is 18.0 Å². The second-order valence-electron chi connectivity index (χ2n) is 6.06. The molecule has 24 heavy (non-hydrogen) atoms. The van der Waals surface area contributed by atoms with Crippen molar-refractivity contribution < 1.29 is 19.1 Å². The van der Waals surface area contributed by atoms with E-state index in [9.17, 15) is 9.59 Å². The molecule has 0 radical (unpaired) electrons. The fraction of sp³-hybridized carbons (Fsp3) is 0.556. The van der Waals surface area contributed by atoms with E-state index in [4.69, 9.17) is 9.47 Å². The van der Waals surface area contributed by atoms with Gasteiger partial charge in [0.2, 0.25) is 11.8 Å². The molecule has 0 spiro atoms. The van der Waals surface area contributed by atoms with E-state index >= 15 is 0 Å². The number of unbranched alkanes of at least 4 members (excludes halogenated alkanes) is 1. The monoisotopic (exact) mass is 334 g/mol. The summed E-state index contributed by atoms with van der Waals surface area (Å²) in [7, 11) is 4.93. The molecule has 1 atom stereocenters. The van der Waals surface area contributed by atoms with Crippen molar-refractivity contribution in [3.8, 4) is 11.5 Å². The molecule has 1 aliphatic rings. The van der Waals surface area contributed by atoms with Crippen LogP contribution in [0.15, 0.2) is 18.2 Å². The van der Waals surface area contributed by atoms with Gasteiger partial charge in [-0.3, -0.25) is 9.59 Å². The molecule has 1 unspecified atom stereocenters. The van der Waals surface area contributed by atoms with Gasteiger partial charge in [0.25, 0.3) is 0 Å². The number of carbonyl (C=O) groups is 2. The van der Waals surface area contributed by atoms with Crippen LogP contribution in [0.4, 0.5) is 5.69 Å². The van der Waals surface area contributed by atoms with Crippen LogP contribution < -0.4 is 14.4 Å².